The molecule has 1 unspecified atom stereocenters. The number of amides is 3. The average molecular weight is 413 g/mol. The first-order chi connectivity index (χ1) is 14.4. The van der Waals surface area contributed by atoms with E-state index >= 15 is 0 Å². The molecule has 2 N–H and O–H groups in total. The van der Waals surface area contributed by atoms with Gasteiger partial charge in [0.2, 0.25) is 11.8 Å². The van der Waals surface area contributed by atoms with Gasteiger partial charge in [0.05, 0.1) is 5.92 Å². The first kappa shape index (κ1) is 20.0. The number of carbonyl (C=O) groups is 3. The minimum Gasteiger partial charge on any atom is -0.349 e. The van der Waals surface area contributed by atoms with Crippen molar-refractivity contribution in [1.29, 1.82) is 0 Å². The predicted octanol–water partition coefficient (Wildman–Crippen LogP) is 2.81. The summed E-state index contributed by atoms with van der Waals surface area (Å²) in [7, 11) is 0. The standard InChI is InChI=1S/C22H21F2N3O3/c23-14-3-1-13(2-4-14)21(29)25-16-7-9-27(10-8-16)22(30)18-12-20(28)26-19-11-15(24)5-6-17(18)19/h1-6,11,16,18H,7-10,12H2,(H,25,29)(H,26,28). The third kappa shape index (κ3) is 4.17. The molecule has 4 rings (SSSR count). The lowest BCUT2D eigenvalue weighted by Gasteiger charge is -2.36. The summed E-state index contributed by atoms with van der Waals surface area (Å²) in [5.41, 5.74) is 1.34. The van der Waals surface area contributed by atoms with E-state index in [4.69, 9.17) is 0 Å². The largest absolute Gasteiger partial charge is 0.349 e. The highest BCUT2D eigenvalue weighted by molar-refractivity contribution is 6.01. The minimum atomic E-state index is -0.639. The summed E-state index contributed by atoms with van der Waals surface area (Å²) < 4.78 is 26.5. The van der Waals surface area contributed by atoms with Gasteiger partial charge in [-0.3, -0.25) is 14.4 Å². The maximum absolute atomic E-state index is 13.5. The van der Waals surface area contributed by atoms with Crippen molar-refractivity contribution in [3.63, 3.8) is 0 Å². The van der Waals surface area contributed by atoms with E-state index in [9.17, 15) is 23.2 Å². The van der Waals surface area contributed by atoms with E-state index in [1.54, 1.807) is 11.0 Å². The molecule has 2 aliphatic rings. The Bertz CT molecular complexity index is 986. The van der Waals surface area contributed by atoms with Gasteiger partial charge in [-0.25, -0.2) is 8.78 Å². The number of fused-ring (bicyclic) bond motifs is 1. The number of benzene rings is 2. The van der Waals surface area contributed by atoms with Gasteiger partial charge in [-0.1, -0.05) is 6.07 Å². The zero-order chi connectivity index (χ0) is 21.3. The Morgan fingerprint density at radius 1 is 1.00 bits per heavy atom. The Hall–Kier alpha value is -3.29. The van der Waals surface area contributed by atoms with Crippen LogP contribution in [0.1, 0.15) is 41.1 Å². The van der Waals surface area contributed by atoms with Crippen LogP contribution in [0.15, 0.2) is 42.5 Å². The second-order valence-corrected chi connectivity index (χ2v) is 7.62. The van der Waals surface area contributed by atoms with Crippen molar-refractivity contribution in [1.82, 2.24) is 10.2 Å². The molecule has 0 aromatic heterocycles. The second-order valence-electron chi connectivity index (χ2n) is 7.62. The van der Waals surface area contributed by atoms with E-state index in [2.05, 4.69) is 10.6 Å². The fourth-order valence-electron chi connectivity index (χ4n) is 3.99. The number of hydrogen-bond donors (Lipinski definition) is 2. The molecule has 2 aromatic carbocycles. The van der Waals surface area contributed by atoms with Gasteiger partial charge in [0, 0.05) is 36.8 Å². The number of carbonyl (C=O) groups excluding carboxylic acids is 3. The highest BCUT2D eigenvalue weighted by Crippen LogP contribution is 2.34. The van der Waals surface area contributed by atoms with E-state index in [-0.39, 0.29) is 30.2 Å². The van der Waals surface area contributed by atoms with Crippen LogP contribution in [0.2, 0.25) is 0 Å². The smallest absolute Gasteiger partial charge is 0.251 e. The fourth-order valence-corrected chi connectivity index (χ4v) is 3.99. The number of piperidine rings is 1. The maximum Gasteiger partial charge on any atom is 0.251 e. The number of nitrogens with zero attached hydrogens (tertiary/aromatic N) is 1. The number of rotatable bonds is 3. The van der Waals surface area contributed by atoms with Gasteiger partial charge in [0.1, 0.15) is 11.6 Å². The quantitative estimate of drug-likeness (QED) is 0.812. The maximum atomic E-state index is 13.5. The van der Waals surface area contributed by atoms with E-state index in [1.807, 2.05) is 0 Å². The van der Waals surface area contributed by atoms with E-state index < -0.39 is 17.6 Å². The van der Waals surface area contributed by atoms with Gasteiger partial charge in [0.25, 0.3) is 5.91 Å². The highest BCUT2D eigenvalue weighted by Gasteiger charge is 2.35. The second kappa shape index (κ2) is 8.22. The van der Waals surface area contributed by atoms with Crippen LogP contribution in [0.5, 0.6) is 0 Å². The summed E-state index contributed by atoms with van der Waals surface area (Å²) in [6.45, 7) is 0.893. The summed E-state index contributed by atoms with van der Waals surface area (Å²) in [4.78, 5) is 39.0. The summed E-state index contributed by atoms with van der Waals surface area (Å²) >= 11 is 0. The molecular formula is C22H21F2N3O3. The minimum absolute atomic E-state index is 0.0265. The van der Waals surface area contributed by atoms with Crippen molar-refractivity contribution in [2.45, 2.75) is 31.2 Å². The number of likely N-dealkylation sites (tertiary alicyclic amines) is 1. The molecule has 2 aliphatic heterocycles. The molecule has 0 radical (unpaired) electrons. The SMILES string of the molecule is O=C1CC(C(=O)N2CCC(NC(=O)c3ccc(F)cc3)CC2)c2ccc(F)cc2N1. The van der Waals surface area contributed by atoms with Crippen LogP contribution < -0.4 is 10.6 Å². The summed E-state index contributed by atoms with van der Waals surface area (Å²) in [5, 5.41) is 5.53. The van der Waals surface area contributed by atoms with Crippen molar-refractivity contribution in [2.24, 2.45) is 0 Å². The van der Waals surface area contributed by atoms with Crippen LogP contribution >= 0.6 is 0 Å². The lowest BCUT2D eigenvalue weighted by atomic mass is 9.88. The third-order valence-electron chi connectivity index (χ3n) is 5.60. The Kier molecular flexibility index (Phi) is 5.48. The molecule has 1 fully saturated rings. The molecular weight excluding hydrogens is 392 g/mol. The number of nitrogens with one attached hydrogen (secondary N) is 2. The molecule has 2 heterocycles. The van der Waals surface area contributed by atoms with Gasteiger partial charge in [-0.15, -0.1) is 0 Å². The zero-order valence-electron chi connectivity index (χ0n) is 16.2. The summed E-state index contributed by atoms with van der Waals surface area (Å²) in [6, 6.07) is 9.29. The first-order valence-electron chi connectivity index (χ1n) is 9.85. The van der Waals surface area contributed by atoms with E-state index in [0.717, 1.165) is 0 Å². The number of halogens is 2. The topological polar surface area (TPSA) is 78.5 Å². The molecule has 6 nitrogen and oxygen atoms in total. The van der Waals surface area contributed by atoms with Gasteiger partial charge in [-0.2, -0.15) is 0 Å². The van der Waals surface area contributed by atoms with Crippen molar-refractivity contribution < 1.29 is 23.2 Å². The zero-order valence-corrected chi connectivity index (χ0v) is 16.2. The van der Waals surface area contributed by atoms with Crippen molar-refractivity contribution >= 4 is 23.4 Å². The number of anilines is 1. The lowest BCUT2D eigenvalue weighted by molar-refractivity contribution is -0.136. The van der Waals surface area contributed by atoms with Gasteiger partial charge in [0.15, 0.2) is 0 Å². The number of hydrogen-bond acceptors (Lipinski definition) is 3. The summed E-state index contributed by atoms with van der Waals surface area (Å²) in [6.07, 6.45) is 1.18. The van der Waals surface area contributed by atoms with Gasteiger partial charge >= 0.3 is 0 Å². The average Bonchev–Trinajstić information content (AvgIpc) is 2.73. The molecule has 0 aliphatic carbocycles. The van der Waals surface area contributed by atoms with Crippen molar-refractivity contribution in [3.05, 3.63) is 65.2 Å². The normalized spacial score (nSPS) is 19.1. The third-order valence-corrected chi connectivity index (χ3v) is 5.60. The van der Waals surface area contributed by atoms with Crippen LogP contribution in [-0.4, -0.2) is 41.8 Å². The van der Waals surface area contributed by atoms with E-state index in [1.165, 1.54) is 36.4 Å². The van der Waals surface area contributed by atoms with E-state index in [0.29, 0.717) is 42.7 Å². The molecule has 30 heavy (non-hydrogen) atoms. The Morgan fingerprint density at radius 3 is 2.37 bits per heavy atom. The Morgan fingerprint density at radius 2 is 1.67 bits per heavy atom. The molecule has 0 saturated carbocycles. The molecule has 8 heteroatoms. The van der Waals surface area contributed by atoms with Gasteiger partial charge < -0.3 is 15.5 Å². The fraction of sp³-hybridized carbons (Fsp3) is 0.318. The van der Waals surface area contributed by atoms with Crippen LogP contribution in [-0.2, 0) is 9.59 Å². The van der Waals surface area contributed by atoms with Crippen LogP contribution in [0.3, 0.4) is 0 Å². The molecule has 3 amide bonds. The Balaban J connectivity index is 1.37. The lowest BCUT2D eigenvalue weighted by Crippen LogP contribution is -2.48. The molecule has 156 valence electrons. The van der Waals surface area contributed by atoms with Gasteiger partial charge in [-0.05, 0) is 54.8 Å². The predicted molar refractivity (Wildman–Crippen MR) is 106 cm³/mol. The van der Waals surface area contributed by atoms with Crippen molar-refractivity contribution in [3.8, 4) is 0 Å². The molecule has 1 saturated heterocycles. The molecule has 1 atom stereocenters. The first-order valence-corrected chi connectivity index (χ1v) is 9.85. The molecule has 2 aromatic rings. The molecule has 0 bridgehead atoms. The monoisotopic (exact) mass is 413 g/mol. The Labute approximate surface area is 172 Å². The molecule has 0 spiro atoms. The van der Waals surface area contributed by atoms with Crippen LogP contribution in [0.25, 0.3) is 0 Å². The van der Waals surface area contributed by atoms with Crippen LogP contribution in [0, 0.1) is 11.6 Å². The van der Waals surface area contributed by atoms with Crippen LogP contribution in [0.4, 0.5) is 14.5 Å². The highest BCUT2D eigenvalue weighted by atomic mass is 19.1. The van der Waals surface area contributed by atoms with Crippen molar-refractivity contribution in [2.75, 3.05) is 18.4 Å². The summed E-state index contributed by atoms with van der Waals surface area (Å²) in [5.74, 6) is -2.27.